The third-order valence-corrected chi connectivity index (χ3v) is 2.87. The zero-order chi connectivity index (χ0) is 9.42. The number of fused-ring (bicyclic) bond motifs is 1. The minimum Gasteiger partial charge on any atom is -0.296 e. The Labute approximate surface area is 87.5 Å². The molecule has 3 nitrogen and oxygen atoms in total. The van der Waals surface area contributed by atoms with Crippen molar-refractivity contribution >= 4 is 39.5 Å². The van der Waals surface area contributed by atoms with Crippen LogP contribution in [0.3, 0.4) is 0 Å². The van der Waals surface area contributed by atoms with Crippen LogP contribution in [-0.4, -0.2) is 15.7 Å². The lowest BCUT2D eigenvalue weighted by atomic mass is 10.4. The summed E-state index contributed by atoms with van der Waals surface area (Å²) in [6.07, 6.45) is 3.97. The quantitative estimate of drug-likeness (QED) is 0.738. The van der Waals surface area contributed by atoms with Gasteiger partial charge < -0.3 is 0 Å². The molecular formula is C8H4BrClN2O. The minimum atomic E-state index is 0.507. The number of pyridine rings is 1. The fraction of sp³-hybridized carbons (Fsp3) is 0. The number of carbonyl (C=O) groups excluding carboxylic acids is 1. The summed E-state index contributed by atoms with van der Waals surface area (Å²) < 4.78 is 2.41. The van der Waals surface area contributed by atoms with Crippen molar-refractivity contribution in [3.63, 3.8) is 0 Å². The number of nitrogens with zero attached hydrogens (tertiary/aromatic N) is 2. The predicted molar refractivity (Wildman–Crippen MR) is 53.3 cm³/mol. The van der Waals surface area contributed by atoms with Crippen molar-refractivity contribution in [3.05, 3.63) is 33.6 Å². The third kappa shape index (κ3) is 1.36. The summed E-state index contributed by atoms with van der Waals surface area (Å²) in [7, 11) is 0. The molecule has 13 heavy (non-hydrogen) atoms. The Morgan fingerprint density at radius 3 is 3.08 bits per heavy atom. The van der Waals surface area contributed by atoms with E-state index in [0.717, 1.165) is 10.8 Å². The number of imidazole rings is 1. The van der Waals surface area contributed by atoms with Gasteiger partial charge in [-0.05, 0) is 15.9 Å². The molecule has 0 spiro atoms. The molecule has 0 saturated heterocycles. The Morgan fingerprint density at radius 2 is 2.38 bits per heavy atom. The Kier molecular flexibility index (Phi) is 2.09. The maximum absolute atomic E-state index is 10.6. The predicted octanol–water partition coefficient (Wildman–Crippen LogP) is 2.56. The van der Waals surface area contributed by atoms with Crippen LogP contribution in [0.2, 0.25) is 5.02 Å². The lowest BCUT2D eigenvalue weighted by molar-refractivity contribution is 0.111. The van der Waals surface area contributed by atoms with Gasteiger partial charge in [-0.25, -0.2) is 4.98 Å². The fourth-order valence-corrected chi connectivity index (χ4v) is 1.55. The molecule has 0 aromatic carbocycles. The van der Waals surface area contributed by atoms with Crippen molar-refractivity contribution in [1.82, 2.24) is 9.38 Å². The van der Waals surface area contributed by atoms with Crippen LogP contribution in [0.1, 0.15) is 10.5 Å². The number of carbonyl (C=O) groups is 1. The molecule has 2 aromatic heterocycles. The summed E-state index contributed by atoms with van der Waals surface area (Å²) in [5.41, 5.74) is 1.17. The van der Waals surface area contributed by atoms with Gasteiger partial charge in [0.25, 0.3) is 0 Å². The van der Waals surface area contributed by atoms with Gasteiger partial charge in [-0.15, -0.1) is 0 Å². The van der Waals surface area contributed by atoms with Crippen molar-refractivity contribution in [1.29, 1.82) is 0 Å². The van der Waals surface area contributed by atoms with Crippen LogP contribution in [0.15, 0.2) is 22.9 Å². The first-order chi connectivity index (χ1) is 6.22. The SMILES string of the molecule is O=Cc1cnc2cc(Cl)c(Br)cn12. The van der Waals surface area contributed by atoms with Gasteiger partial charge in [0.1, 0.15) is 11.3 Å². The summed E-state index contributed by atoms with van der Waals surface area (Å²) in [4.78, 5) is 14.6. The highest BCUT2D eigenvalue weighted by atomic mass is 79.9. The first-order valence-electron chi connectivity index (χ1n) is 3.49. The van der Waals surface area contributed by atoms with E-state index in [4.69, 9.17) is 11.6 Å². The fourth-order valence-electron chi connectivity index (χ4n) is 1.08. The lowest BCUT2D eigenvalue weighted by Gasteiger charge is -1.98. The van der Waals surface area contributed by atoms with Crippen LogP contribution < -0.4 is 0 Å². The van der Waals surface area contributed by atoms with E-state index in [0.29, 0.717) is 16.4 Å². The van der Waals surface area contributed by atoms with Gasteiger partial charge >= 0.3 is 0 Å². The second-order valence-corrected chi connectivity index (χ2v) is 3.76. The van der Waals surface area contributed by atoms with E-state index in [1.165, 1.54) is 6.20 Å². The molecule has 2 rings (SSSR count). The van der Waals surface area contributed by atoms with Crippen LogP contribution in [0.5, 0.6) is 0 Å². The highest BCUT2D eigenvalue weighted by Gasteiger charge is 2.04. The Morgan fingerprint density at radius 1 is 1.62 bits per heavy atom. The first kappa shape index (κ1) is 8.72. The third-order valence-electron chi connectivity index (χ3n) is 1.70. The maximum Gasteiger partial charge on any atom is 0.168 e. The summed E-state index contributed by atoms with van der Waals surface area (Å²) in [6, 6.07) is 1.69. The Hall–Kier alpha value is -0.870. The van der Waals surface area contributed by atoms with E-state index in [-0.39, 0.29) is 0 Å². The summed E-state index contributed by atoms with van der Waals surface area (Å²) >= 11 is 9.12. The number of hydrogen-bond donors (Lipinski definition) is 0. The molecule has 0 aliphatic heterocycles. The van der Waals surface area contributed by atoms with Crippen LogP contribution in [0, 0.1) is 0 Å². The first-order valence-corrected chi connectivity index (χ1v) is 4.67. The molecule has 2 heterocycles. The topological polar surface area (TPSA) is 34.4 Å². The molecule has 0 fully saturated rings. The summed E-state index contributed by atoms with van der Waals surface area (Å²) in [5.74, 6) is 0. The number of halogens is 2. The molecule has 0 bridgehead atoms. The van der Waals surface area contributed by atoms with Gasteiger partial charge in [0, 0.05) is 12.3 Å². The van der Waals surface area contributed by atoms with Gasteiger partial charge in [-0.3, -0.25) is 9.20 Å². The van der Waals surface area contributed by atoms with E-state index in [9.17, 15) is 4.79 Å². The maximum atomic E-state index is 10.6. The van der Waals surface area contributed by atoms with Gasteiger partial charge in [0.05, 0.1) is 15.7 Å². The number of aldehydes is 1. The minimum absolute atomic E-state index is 0.507. The van der Waals surface area contributed by atoms with Gasteiger partial charge in [-0.2, -0.15) is 0 Å². The van der Waals surface area contributed by atoms with Crippen molar-refractivity contribution < 1.29 is 4.79 Å². The van der Waals surface area contributed by atoms with Gasteiger partial charge in [-0.1, -0.05) is 11.6 Å². The smallest absolute Gasteiger partial charge is 0.168 e. The molecule has 0 aliphatic carbocycles. The van der Waals surface area contributed by atoms with Crippen molar-refractivity contribution in [2.75, 3.05) is 0 Å². The molecule has 0 N–H and O–H groups in total. The molecule has 5 heteroatoms. The van der Waals surface area contributed by atoms with Crippen LogP contribution >= 0.6 is 27.5 Å². The molecule has 0 aliphatic rings. The average molecular weight is 259 g/mol. The molecule has 66 valence electrons. The van der Waals surface area contributed by atoms with Gasteiger partial charge in [0.15, 0.2) is 6.29 Å². The van der Waals surface area contributed by atoms with E-state index in [1.54, 1.807) is 16.7 Å². The summed E-state index contributed by atoms with van der Waals surface area (Å²) in [5, 5.41) is 0.579. The Balaban J connectivity index is 2.84. The normalized spacial score (nSPS) is 10.6. The molecule has 0 saturated carbocycles. The second-order valence-electron chi connectivity index (χ2n) is 2.50. The Bertz CT molecular complexity index is 480. The molecule has 0 amide bonds. The van der Waals surface area contributed by atoms with Crippen LogP contribution in [-0.2, 0) is 0 Å². The molecule has 2 aromatic rings. The van der Waals surface area contributed by atoms with Crippen molar-refractivity contribution in [2.24, 2.45) is 0 Å². The van der Waals surface area contributed by atoms with E-state index >= 15 is 0 Å². The average Bonchev–Trinajstić information content (AvgIpc) is 2.48. The summed E-state index contributed by atoms with van der Waals surface area (Å²) in [6.45, 7) is 0. The molecule has 0 unspecified atom stereocenters. The van der Waals surface area contributed by atoms with E-state index < -0.39 is 0 Å². The molecule has 0 radical (unpaired) electrons. The van der Waals surface area contributed by atoms with Crippen LogP contribution in [0.4, 0.5) is 0 Å². The zero-order valence-corrected chi connectivity index (χ0v) is 8.71. The van der Waals surface area contributed by atoms with Gasteiger partial charge in [0.2, 0.25) is 0 Å². The molecule has 0 atom stereocenters. The highest BCUT2D eigenvalue weighted by Crippen LogP contribution is 2.23. The van der Waals surface area contributed by atoms with Crippen molar-refractivity contribution in [3.8, 4) is 0 Å². The standard InChI is InChI=1S/C8H4BrClN2O/c9-6-3-12-5(4-13)2-11-8(12)1-7(6)10/h1-4H. The van der Waals surface area contributed by atoms with E-state index in [1.807, 2.05) is 0 Å². The lowest BCUT2D eigenvalue weighted by Crippen LogP contribution is -1.90. The highest BCUT2D eigenvalue weighted by molar-refractivity contribution is 9.10. The van der Waals surface area contributed by atoms with Crippen molar-refractivity contribution in [2.45, 2.75) is 0 Å². The number of rotatable bonds is 1. The van der Waals surface area contributed by atoms with Crippen LogP contribution in [0.25, 0.3) is 5.65 Å². The number of hydrogen-bond acceptors (Lipinski definition) is 2. The number of aromatic nitrogens is 2. The second kappa shape index (κ2) is 3.12. The zero-order valence-electron chi connectivity index (χ0n) is 6.37. The monoisotopic (exact) mass is 258 g/mol. The van der Waals surface area contributed by atoms with E-state index in [2.05, 4.69) is 20.9 Å². The molecular weight excluding hydrogens is 255 g/mol. The largest absolute Gasteiger partial charge is 0.296 e.